The van der Waals surface area contributed by atoms with E-state index in [1.54, 1.807) is 30.3 Å². The van der Waals surface area contributed by atoms with Crippen molar-refractivity contribution in [2.75, 3.05) is 26.2 Å². The lowest BCUT2D eigenvalue weighted by molar-refractivity contribution is -0.116. The van der Waals surface area contributed by atoms with E-state index in [0.717, 1.165) is 38.0 Å². The van der Waals surface area contributed by atoms with Gasteiger partial charge in [0, 0.05) is 24.7 Å². The fourth-order valence-corrected chi connectivity index (χ4v) is 3.41. The number of nitrogens with two attached hydrogens (primary N) is 1. The van der Waals surface area contributed by atoms with E-state index in [0.29, 0.717) is 18.6 Å². The van der Waals surface area contributed by atoms with Crippen molar-refractivity contribution < 1.29 is 9.90 Å². The highest BCUT2D eigenvalue weighted by Gasteiger charge is 2.23. The molecular formula is C21H34N4O2. The Morgan fingerprint density at radius 2 is 1.67 bits per heavy atom. The lowest BCUT2D eigenvalue weighted by Crippen LogP contribution is -2.50. The SMILES string of the molecule is NCCCNC1CCCCC1NCCCNC(=O)/C=C/c1ccc(O)cc1. The molecule has 2 unspecified atom stereocenters. The second-order valence-corrected chi connectivity index (χ2v) is 7.12. The smallest absolute Gasteiger partial charge is 0.243 e. The van der Waals surface area contributed by atoms with Gasteiger partial charge in [0.2, 0.25) is 5.91 Å². The number of hydrogen-bond donors (Lipinski definition) is 5. The standard InChI is InChI=1S/C21H34N4O2/c22-13-3-14-23-19-5-1-2-6-20(19)24-15-4-16-25-21(27)12-9-17-7-10-18(26)11-8-17/h7-12,19-20,23-24,26H,1-6,13-16,22H2,(H,25,27)/b12-9+. The predicted octanol–water partition coefficient (Wildman–Crippen LogP) is 1.75. The van der Waals surface area contributed by atoms with Gasteiger partial charge in [0.25, 0.3) is 0 Å². The largest absolute Gasteiger partial charge is 0.508 e. The highest BCUT2D eigenvalue weighted by molar-refractivity contribution is 5.91. The Hall–Kier alpha value is -1.89. The molecule has 0 radical (unpaired) electrons. The summed E-state index contributed by atoms with van der Waals surface area (Å²) in [5.74, 6) is 0.126. The summed E-state index contributed by atoms with van der Waals surface area (Å²) in [5, 5.41) is 19.4. The van der Waals surface area contributed by atoms with Gasteiger partial charge in [-0.15, -0.1) is 0 Å². The van der Waals surface area contributed by atoms with Gasteiger partial charge in [-0.05, 0) is 69.1 Å². The molecule has 1 aliphatic rings. The Balaban J connectivity index is 1.59. The molecule has 6 nitrogen and oxygen atoms in total. The van der Waals surface area contributed by atoms with Crippen LogP contribution in [0.4, 0.5) is 0 Å². The van der Waals surface area contributed by atoms with Gasteiger partial charge in [-0.25, -0.2) is 0 Å². The summed E-state index contributed by atoms with van der Waals surface area (Å²) in [6, 6.07) is 7.80. The zero-order valence-corrected chi connectivity index (χ0v) is 16.1. The molecule has 0 heterocycles. The van der Waals surface area contributed by atoms with Crippen molar-refractivity contribution in [2.24, 2.45) is 5.73 Å². The van der Waals surface area contributed by atoms with E-state index in [-0.39, 0.29) is 11.7 Å². The highest BCUT2D eigenvalue weighted by atomic mass is 16.3. The molecule has 1 amide bonds. The summed E-state index contributed by atoms with van der Waals surface area (Å²) in [4.78, 5) is 11.9. The second-order valence-electron chi connectivity index (χ2n) is 7.12. The first kappa shape index (κ1) is 21.4. The molecule has 0 spiro atoms. The van der Waals surface area contributed by atoms with Crippen molar-refractivity contribution in [3.05, 3.63) is 35.9 Å². The van der Waals surface area contributed by atoms with E-state index in [1.807, 2.05) is 0 Å². The average Bonchev–Trinajstić information content (AvgIpc) is 2.68. The maximum atomic E-state index is 11.9. The van der Waals surface area contributed by atoms with Crippen molar-refractivity contribution in [1.82, 2.24) is 16.0 Å². The summed E-state index contributed by atoms with van der Waals surface area (Å²) in [5.41, 5.74) is 6.46. The first-order valence-corrected chi connectivity index (χ1v) is 10.1. The molecule has 27 heavy (non-hydrogen) atoms. The normalized spacial score (nSPS) is 20.0. The summed E-state index contributed by atoms with van der Waals surface area (Å²) in [6.07, 6.45) is 10.2. The van der Waals surface area contributed by atoms with Crippen molar-refractivity contribution in [3.8, 4) is 5.75 Å². The first-order chi connectivity index (χ1) is 13.2. The Morgan fingerprint density at radius 3 is 2.30 bits per heavy atom. The molecule has 0 bridgehead atoms. The van der Waals surface area contributed by atoms with Crippen LogP contribution in [0, 0.1) is 0 Å². The van der Waals surface area contributed by atoms with Gasteiger partial charge in [-0.1, -0.05) is 25.0 Å². The van der Waals surface area contributed by atoms with E-state index in [4.69, 9.17) is 5.73 Å². The fourth-order valence-electron chi connectivity index (χ4n) is 3.41. The average molecular weight is 375 g/mol. The third kappa shape index (κ3) is 8.56. The predicted molar refractivity (Wildman–Crippen MR) is 110 cm³/mol. The van der Waals surface area contributed by atoms with Gasteiger partial charge in [0.1, 0.15) is 5.75 Å². The van der Waals surface area contributed by atoms with Crippen molar-refractivity contribution in [2.45, 2.75) is 50.6 Å². The Morgan fingerprint density at radius 1 is 1.04 bits per heavy atom. The zero-order valence-electron chi connectivity index (χ0n) is 16.1. The number of benzene rings is 1. The number of carbonyl (C=O) groups is 1. The summed E-state index contributed by atoms with van der Waals surface area (Å²) in [7, 11) is 0. The lowest BCUT2D eigenvalue weighted by Gasteiger charge is -2.33. The van der Waals surface area contributed by atoms with Crippen LogP contribution in [0.15, 0.2) is 30.3 Å². The van der Waals surface area contributed by atoms with Crippen molar-refractivity contribution in [1.29, 1.82) is 0 Å². The first-order valence-electron chi connectivity index (χ1n) is 10.1. The molecule has 0 aliphatic heterocycles. The number of phenolic OH excluding ortho intramolecular Hbond substituents is 1. The molecule has 150 valence electrons. The van der Waals surface area contributed by atoms with Gasteiger partial charge in [0.15, 0.2) is 0 Å². The number of hydrogen-bond acceptors (Lipinski definition) is 5. The summed E-state index contributed by atoms with van der Waals surface area (Å²) >= 11 is 0. The molecule has 0 aromatic heterocycles. The van der Waals surface area contributed by atoms with Crippen molar-refractivity contribution >= 4 is 12.0 Å². The van der Waals surface area contributed by atoms with E-state index < -0.39 is 0 Å². The third-order valence-electron chi connectivity index (χ3n) is 4.93. The minimum atomic E-state index is -0.0953. The molecular weight excluding hydrogens is 340 g/mol. The topological polar surface area (TPSA) is 99.4 Å². The van der Waals surface area contributed by atoms with Crippen LogP contribution in [-0.4, -0.2) is 49.3 Å². The lowest BCUT2D eigenvalue weighted by atomic mass is 9.90. The van der Waals surface area contributed by atoms with Gasteiger partial charge in [-0.3, -0.25) is 4.79 Å². The third-order valence-corrected chi connectivity index (χ3v) is 4.93. The Labute approximate surface area is 162 Å². The minimum Gasteiger partial charge on any atom is -0.508 e. The van der Waals surface area contributed by atoms with Crippen LogP contribution >= 0.6 is 0 Å². The summed E-state index contributed by atoms with van der Waals surface area (Å²) in [6.45, 7) is 3.28. The van der Waals surface area contributed by atoms with Crippen LogP contribution in [0.5, 0.6) is 5.75 Å². The molecule has 1 saturated carbocycles. The van der Waals surface area contributed by atoms with Gasteiger partial charge < -0.3 is 26.8 Å². The molecule has 1 aliphatic carbocycles. The van der Waals surface area contributed by atoms with Crippen LogP contribution in [-0.2, 0) is 4.79 Å². The highest BCUT2D eigenvalue weighted by Crippen LogP contribution is 2.18. The molecule has 0 saturated heterocycles. The van der Waals surface area contributed by atoms with Gasteiger partial charge in [0.05, 0.1) is 0 Å². The molecule has 1 fully saturated rings. The van der Waals surface area contributed by atoms with Gasteiger partial charge >= 0.3 is 0 Å². The number of phenols is 1. The maximum Gasteiger partial charge on any atom is 0.243 e. The Kier molecular flexibility index (Phi) is 9.90. The minimum absolute atomic E-state index is 0.0953. The van der Waals surface area contributed by atoms with Crippen molar-refractivity contribution in [3.63, 3.8) is 0 Å². The van der Waals surface area contributed by atoms with Crippen LogP contribution in [0.2, 0.25) is 0 Å². The van der Waals surface area contributed by atoms with E-state index in [1.165, 1.54) is 31.8 Å². The quantitative estimate of drug-likeness (QED) is 0.300. The van der Waals surface area contributed by atoms with E-state index in [9.17, 15) is 9.90 Å². The van der Waals surface area contributed by atoms with Crippen LogP contribution < -0.4 is 21.7 Å². The van der Waals surface area contributed by atoms with Gasteiger partial charge in [-0.2, -0.15) is 0 Å². The molecule has 1 aromatic carbocycles. The zero-order chi connectivity index (χ0) is 19.3. The molecule has 6 N–H and O–H groups in total. The molecule has 1 aromatic rings. The number of carbonyl (C=O) groups excluding carboxylic acids is 1. The second kappa shape index (κ2) is 12.5. The molecule has 2 rings (SSSR count). The number of nitrogens with one attached hydrogen (secondary N) is 3. The van der Waals surface area contributed by atoms with E-state index in [2.05, 4.69) is 16.0 Å². The van der Waals surface area contributed by atoms with Crippen LogP contribution in [0.3, 0.4) is 0 Å². The van der Waals surface area contributed by atoms with Crippen LogP contribution in [0.25, 0.3) is 6.08 Å². The number of rotatable bonds is 11. The Bertz CT molecular complexity index is 574. The maximum absolute atomic E-state index is 11.9. The summed E-state index contributed by atoms with van der Waals surface area (Å²) < 4.78 is 0. The number of aromatic hydroxyl groups is 1. The molecule has 6 heteroatoms. The monoisotopic (exact) mass is 374 g/mol. The fraction of sp³-hybridized carbons (Fsp3) is 0.571. The number of amides is 1. The van der Waals surface area contributed by atoms with Crippen LogP contribution in [0.1, 0.15) is 44.1 Å². The molecule has 2 atom stereocenters. The van der Waals surface area contributed by atoms with E-state index >= 15 is 0 Å².